The first kappa shape index (κ1) is 12.7. The first-order valence-electron chi connectivity index (χ1n) is 5.67. The summed E-state index contributed by atoms with van der Waals surface area (Å²) in [6.07, 6.45) is 0.774. The highest BCUT2D eigenvalue weighted by molar-refractivity contribution is 7.13. The molecule has 0 atom stereocenters. The summed E-state index contributed by atoms with van der Waals surface area (Å²) in [5, 5.41) is 5.21. The van der Waals surface area contributed by atoms with Crippen LogP contribution in [0.1, 0.15) is 16.8 Å². The molecule has 0 aliphatic heterocycles. The van der Waals surface area contributed by atoms with Crippen molar-refractivity contribution in [3.05, 3.63) is 46.5 Å². The number of carbonyl (C=O) groups excluding carboxylic acids is 1. The Kier molecular flexibility index (Phi) is 4.07. The summed E-state index contributed by atoms with van der Waals surface area (Å²) in [6.45, 7) is 2.05. The average molecular weight is 261 g/mol. The molecule has 0 radical (unpaired) electrons. The van der Waals surface area contributed by atoms with Gasteiger partial charge >= 0.3 is 0 Å². The Morgan fingerprint density at radius 3 is 3.06 bits per heavy atom. The Balaban J connectivity index is 2.04. The standard InChI is InChI=1S/C13H15N3OS/c1-9-3-2-4-10(5-9)6-11-8-18-13(15-11)16-12(17)7-14/h2-5,8H,6-7,14H2,1H3,(H,15,16,17). The first-order chi connectivity index (χ1) is 8.67. The van der Waals surface area contributed by atoms with Gasteiger partial charge in [0.05, 0.1) is 12.2 Å². The smallest absolute Gasteiger partial charge is 0.239 e. The zero-order valence-electron chi connectivity index (χ0n) is 10.1. The molecule has 1 amide bonds. The highest BCUT2D eigenvalue weighted by atomic mass is 32.1. The van der Waals surface area contributed by atoms with Crippen LogP contribution >= 0.6 is 11.3 Å². The van der Waals surface area contributed by atoms with Gasteiger partial charge in [-0.25, -0.2) is 4.98 Å². The molecular weight excluding hydrogens is 246 g/mol. The van der Waals surface area contributed by atoms with Crippen LogP contribution in [0.15, 0.2) is 29.6 Å². The molecule has 0 saturated heterocycles. The monoisotopic (exact) mass is 261 g/mol. The number of carbonyl (C=O) groups is 1. The molecule has 2 rings (SSSR count). The van der Waals surface area contributed by atoms with Crippen LogP contribution in [0.5, 0.6) is 0 Å². The van der Waals surface area contributed by atoms with Gasteiger partial charge in [-0.05, 0) is 12.5 Å². The van der Waals surface area contributed by atoms with E-state index >= 15 is 0 Å². The van der Waals surface area contributed by atoms with Crippen molar-refractivity contribution in [1.29, 1.82) is 0 Å². The Morgan fingerprint density at radius 1 is 1.50 bits per heavy atom. The van der Waals surface area contributed by atoms with Crippen LogP contribution in [0.3, 0.4) is 0 Å². The van der Waals surface area contributed by atoms with Crippen molar-refractivity contribution in [1.82, 2.24) is 4.98 Å². The van der Waals surface area contributed by atoms with Gasteiger partial charge in [0.15, 0.2) is 5.13 Å². The molecule has 0 bridgehead atoms. The summed E-state index contributed by atoms with van der Waals surface area (Å²) in [5.74, 6) is -0.216. The number of nitrogens with zero attached hydrogens (tertiary/aromatic N) is 1. The van der Waals surface area contributed by atoms with E-state index in [1.165, 1.54) is 22.5 Å². The van der Waals surface area contributed by atoms with Crippen LogP contribution in [-0.2, 0) is 11.2 Å². The average Bonchev–Trinajstić information content (AvgIpc) is 2.76. The Bertz CT molecular complexity index is 551. The topological polar surface area (TPSA) is 68.0 Å². The number of nitrogens with one attached hydrogen (secondary N) is 1. The maximum absolute atomic E-state index is 11.1. The lowest BCUT2D eigenvalue weighted by molar-refractivity contribution is -0.114. The molecule has 0 aliphatic carbocycles. The van der Waals surface area contributed by atoms with E-state index in [0.717, 1.165) is 12.1 Å². The third-order valence-corrected chi connectivity index (χ3v) is 3.26. The van der Waals surface area contributed by atoms with Gasteiger partial charge in [0.25, 0.3) is 0 Å². The van der Waals surface area contributed by atoms with E-state index in [1.54, 1.807) is 0 Å². The van der Waals surface area contributed by atoms with Crippen molar-refractivity contribution in [2.24, 2.45) is 5.73 Å². The fourth-order valence-electron chi connectivity index (χ4n) is 1.65. The molecule has 0 spiro atoms. The lowest BCUT2D eigenvalue weighted by Gasteiger charge is -2.00. The molecule has 0 saturated carbocycles. The van der Waals surface area contributed by atoms with Gasteiger partial charge in [-0.3, -0.25) is 4.79 Å². The molecule has 5 heteroatoms. The fraction of sp³-hybridized carbons (Fsp3) is 0.231. The van der Waals surface area contributed by atoms with Crippen LogP contribution in [0.25, 0.3) is 0 Å². The van der Waals surface area contributed by atoms with E-state index < -0.39 is 0 Å². The zero-order valence-corrected chi connectivity index (χ0v) is 11.0. The van der Waals surface area contributed by atoms with Gasteiger partial charge < -0.3 is 11.1 Å². The van der Waals surface area contributed by atoms with E-state index in [0.29, 0.717) is 5.13 Å². The van der Waals surface area contributed by atoms with Crippen molar-refractivity contribution in [2.45, 2.75) is 13.3 Å². The minimum atomic E-state index is -0.216. The van der Waals surface area contributed by atoms with Crippen LogP contribution in [0.4, 0.5) is 5.13 Å². The number of benzene rings is 1. The molecule has 0 fully saturated rings. The predicted octanol–water partition coefficient (Wildman–Crippen LogP) is 1.94. The molecule has 3 N–H and O–H groups in total. The van der Waals surface area contributed by atoms with Gasteiger partial charge in [0.1, 0.15) is 0 Å². The maximum atomic E-state index is 11.1. The minimum Gasteiger partial charge on any atom is -0.322 e. The summed E-state index contributed by atoms with van der Waals surface area (Å²) in [5.41, 5.74) is 8.64. The lowest BCUT2D eigenvalue weighted by atomic mass is 10.1. The summed E-state index contributed by atoms with van der Waals surface area (Å²) < 4.78 is 0. The summed E-state index contributed by atoms with van der Waals surface area (Å²) >= 11 is 1.42. The number of thiazole rings is 1. The van der Waals surface area contributed by atoms with E-state index in [9.17, 15) is 4.79 Å². The van der Waals surface area contributed by atoms with Gasteiger partial charge in [-0.15, -0.1) is 11.3 Å². The molecule has 2 aromatic rings. The normalized spacial score (nSPS) is 10.3. The number of anilines is 1. The van der Waals surface area contributed by atoms with Crippen molar-refractivity contribution in [2.75, 3.05) is 11.9 Å². The van der Waals surface area contributed by atoms with Crippen LogP contribution in [0.2, 0.25) is 0 Å². The number of hydrogen-bond acceptors (Lipinski definition) is 4. The SMILES string of the molecule is Cc1cccc(Cc2csc(NC(=O)CN)n2)c1. The highest BCUT2D eigenvalue weighted by Gasteiger charge is 2.05. The molecule has 0 unspecified atom stereocenters. The van der Waals surface area contributed by atoms with E-state index in [1.807, 2.05) is 11.4 Å². The molecule has 1 heterocycles. The van der Waals surface area contributed by atoms with E-state index in [2.05, 4.69) is 35.4 Å². The Labute approximate surface area is 110 Å². The number of aromatic nitrogens is 1. The third-order valence-electron chi connectivity index (χ3n) is 2.45. The quantitative estimate of drug-likeness (QED) is 0.883. The highest BCUT2D eigenvalue weighted by Crippen LogP contribution is 2.18. The summed E-state index contributed by atoms with van der Waals surface area (Å²) in [6, 6.07) is 8.31. The molecule has 1 aromatic carbocycles. The first-order valence-corrected chi connectivity index (χ1v) is 6.55. The van der Waals surface area contributed by atoms with Crippen molar-refractivity contribution < 1.29 is 4.79 Å². The van der Waals surface area contributed by atoms with Crippen LogP contribution < -0.4 is 11.1 Å². The summed E-state index contributed by atoms with van der Waals surface area (Å²) in [7, 11) is 0. The number of hydrogen-bond donors (Lipinski definition) is 2. The van der Waals surface area contributed by atoms with Crippen molar-refractivity contribution in [3.63, 3.8) is 0 Å². The maximum Gasteiger partial charge on any atom is 0.239 e. The second kappa shape index (κ2) is 5.75. The number of nitrogens with two attached hydrogens (primary N) is 1. The number of rotatable bonds is 4. The van der Waals surface area contributed by atoms with Gasteiger partial charge in [-0.1, -0.05) is 29.8 Å². The molecule has 18 heavy (non-hydrogen) atoms. The second-order valence-corrected chi connectivity index (χ2v) is 4.92. The van der Waals surface area contributed by atoms with E-state index in [4.69, 9.17) is 5.73 Å². The minimum absolute atomic E-state index is 0.0210. The van der Waals surface area contributed by atoms with Crippen molar-refractivity contribution >= 4 is 22.4 Å². The third kappa shape index (κ3) is 3.38. The Hall–Kier alpha value is -1.72. The van der Waals surface area contributed by atoms with E-state index in [-0.39, 0.29) is 12.5 Å². The van der Waals surface area contributed by atoms with Crippen LogP contribution in [0, 0.1) is 6.92 Å². The van der Waals surface area contributed by atoms with Gasteiger partial charge in [0.2, 0.25) is 5.91 Å². The Morgan fingerprint density at radius 2 is 2.33 bits per heavy atom. The fourth-order valence-corrected chi connectivity index (χ4v) is 2.37. The van der Waals surface area contributed by atoms with Crippen molar-refractivity contribution in [3.8, 4) is 0 Å². The molecule has 0 aliphatic rings. The lowest BCUT2D eigenvalue weighted by Crippen LogP contribution is -2.21. The zero-order chi connectivity index (χ0) is 13.0. The predicted molar refractivity (Wildman–Crippen MR) is 73.8 cm³/mol. The second-order valence-electron chi connectivity index (χ2n) is 4.06. The largest absolute Gasteiger partial charge is 0.322 e. The molecular formula is C13H15N3OS. The van der Waals surface area contributed by atoms with Gasteiger partial charge in [0, 0.05) is 11.8 Å². The molecule has 94 valence electrons. The molecule has 4 nitrogen and oxygen atoms in total. The molecule has 1 aromatic heterocycles. The number of aryl methyl sites for hydroxylation is 1. The number of amides is 1. The summed E-state index contributed by atoms with van der Waals surface area (Å²) in [4.78, 5) is 15.5. The van der Waals surface area contributed by atoms with Crippen LogP contribution in [-0.4, -0.2) is 17.4 Å². The van der Waals surface area contributed by atoms with Gasteiger partial charge in [-0.2, -0.15) is 0 Å².